The number of anilines is 1. The highest BCUT2D eigenvalue weighted by Gasteiger charge is 2.33. The van der Waals surface area contributed by atoms with Crippen LogP contribution in [-0.4, -0.2) is 43.5 Å². The maximum Gasteiger partial charge on any atom is 0.0645 e. The van der Waals surface area contributed by atoms with Gasteiger partial charge >= 0.3 is 0 Å². The summed E-state index contributed by atoms with van der Waals surface area (Å²) in [6, 6.07) is 7.21. The van der Waals surface area contributed by atoms with Gasteiger partial charge in [0.2, 0.25) is 0 Å². The Balaban J connectivity index is 0.00000100. The minimum atomic E-state index is 0.620. The van der Waals surface area contributed by atoms with Crippen LogP contribution in [0, 0.1) is 11.3 Å². The van der Waals surface area contributed by atoms with E-state index in [1.807, 2.05) is 13.8 Å². The van der Waals surface area contributed by atoms with Gasteiger partial charge in [-0.1, -0.05) is 32.9 Å². The molecule has 2 N–H and O–H groups in total. The molecule has 0 radical (unpaired) electrons. The molecule has 1 aromatic carbocycles. The fourth-order valence-electron chi connectivity index (χ4n) is 3.53. The Morgan fingerprint density at radius 2 is 2.12 bits per heavy atom. The number of nitrogens with zero attached hydrogens (tertiary/aromatic N) is 1. The topological polar surface area (TPSA) is 48.4 Å². The van der Waals surface area contributed by atoms with E-state index in [1.165, 1.54) is 31.3 Å². The monoisotopic (exact) mass is 461 g/mol. The summed E-state index contributed by atoms with van der Waals surface area (Å²) in [5.74, 6) is 1.28. The number of ether oxygens (including phenoxy) is 1. The van der Waals surface area contributed by atoms with Gasteiger partial charge < -0.3 is 15.2 Å². The smallest absolute Gasteiger partial charge is 0.0645 e. The molecule has 1 aromatic rings. The third-order valence-corrected chi connectivity index (χ3v) is 6.09. The summed E-state index contributed by atoms with van der Waals surface area (Å²) in [6.45, 7) is 10.5. The van der Waals surface area contributed by atoms with Crippen LogP contribution < -0.4 is 5.09 Å². The number of hydrogen-bond acceptors (Lipinski definition) is 4. The van der Waals surface area contributed by atoms with Crippen molar-refractivity contribution in [2.75, 3.05) is 31.4 Å². The summed E-state index contributed by atoms with van der Waals surface area (Å²) in [6.07, 6.45) is 3.28. The molecule has 3 atom stereocenters. The van der Waals surface area contributed by atoms with Crippen LogP contribution in [0.2, 0.25) is 0 Å². The lowest BCUT2D eigenvalue weighted by Gasteiger charge is -2.44. The molecule has 6 heteroatoms. The van der Waals surface area contributed by atoms with Gasteiger partial charge in [-0.05, 0) is 58.5 Å². The molecule has 0 amide bonds. The molecule has 3 unspecified atom stereocenters. The predicted molar refractivity (Wildman–Crippen MR) is 114 cm³/mol. The zero-order valence-corrected chi connectivity index (χ0v) is 18.0. The van der Waals surface area contributed by atoms with Gasteiger partial charge in [-0.15, -0.1) is 0 Å². The van der Waals surface area contributed by atoms with Crippen molar-refractivity contribution in [3.8, 4) is 0 Å². The Labute approximate surface area is 160 Å². The van der Waals surface area contributed by atoms with Gasteiger partial charge in [0.1, 0.15) is 0 Å². The molecule has 2 heterocycles. The van der Waals surface area contributed by atoms with Gasteiger partial charge in [-0.3, -0.25) is 4.90 Å². The number of hydrogen-bond donors (Lipinski definition) is 2. The first-order valence-electron chi connectivity index (χ1n) is 8.80. The average Bonchev–Trinajstić information content (AvgIpc) is 2.56. The molecule has 3 rings (SSSR count). The first-order chi connectivity index (χ1) is 11.7. The van der Waals surface area contributed by atoms with Gasteiger partial charge in [0.25, 0.3) is 0 Å². The van der Waals surface area contributed by atoms with Crippen molar-refractivity contribution in [3.05, 3.63) is 29.3 Å². The van der Waals surface area contributed by atoms with Crippen molar-refractivity contribution in [3.63, 3.8) is 0 Å². The van der Waals surface area contributed by atoms with E-state index in [0.29, 0.717) is 24.3 Å². The maximum absolute atomic E-state index is 7.54. The van der Waals surface area contributed by atoms with Crippen molar-refractivity contribution >= 4 is 40.3 Å². The molecule has 0 aromatic heterocycles. The number of rotatable bonds is 5. The fraction of sp³-hybridized carbons (Fsp3) is 0.611. The van der Waals surface area contributed by atoms with Gasteiger partial charge in [0.05, 0.1) is 19.3 Å². The van der Waals surface area contributed by atoms with Crippen LogP contribution in [0.3, 0.4) is 0 Å². The molecular formula is C18H29IN3OP. The molecule has 2 fully saturated rings. The number of piperidine rings is 1. The van der Waals surface area contributed by atoms with Crippen LogP contribution in [-0.2, 0) is 4.74 Å². The quantitative estimate of drug-likeness (QED) is 0.373. The van der Waals surface area contributed by atoms with E-state index < -0.39 is 0 Å². The standard InChI is InChI=1S/C16H23IN3OP.C2H6/c1-11-8-20(14-9-21-10-14)5-4-15(11)12-2-3-13(7-18)16(6-12)19-22-17;1-2/h2-3,6-7,11,14-15,18-19,22H,4-5,8-10H2,1H3;1-2H3. The molecule has 4 nitrogen and oxygen atoms in total. The number of nitrogens with one attached hydrogen (secondary N) is 2. The highest BCUT2D eigenvalue weighted by Crippen LogP contribution is 2.37. The lowest BCUT2D eigenvalue weighted by Crippen LogP contribution is -2.53. The minimum absolute atomic E-state index is 0.620. The summed E-state index contributed by atoms with van der Waals surface area (Å²) in [5.41, 5.74) is 3.49. The van der Waals surface area contributed by atoms with E-state index in [0.717, 1.165) is 24.5 Å². The van der Waals surface area contributed by atoms with Crippen LogP contribution >= 0.6 is 28.4 Å². The summed E-state index contributed by atoms with van der Waals surface area (Å²) < 4.78 is 5.33. The van der Waals surface area contributed by atoms with E-state index in [2.05, 4.69) is 57.2 Å². The molecule has 2 aliphatic heterocycles. The third-order valence-electron chi connectivity index (χ3n) is 4.92. The summed E-state index contributed by atoms with van der Waals surface area (Å²) in [5, 5.41) is 10.9. The number of likely N-dealkylation sites (tertiary alicyclic amines) is 1. The Hall–Kier alpha value is -0.230. The van der Waals surface area contributed by atoms with Crippen molar-refractivity contribution in [1.29, 1.82) is 5.41 Å². The van der Waals surface area contributed by atoms with Gasteiger partial charge in [-0.2, -0.15) is 0 Å². The second-order valence-electron chi connectivity index (χ2n) is 6.27. The van der Waals surface area contributed by atoms with Crippen molar-refractivity contribution in [1.82, 2.24) is 4.90 Å². The van der Waals surface area contributed by atoms with Crippen LogP contribution in [0.25, 0.3) is 0 Å². The minimum Gasteiger partial charge on any atom is -0.378 e. The predicted octanol–water partition coefficient (Wildman–Crippen LogP) is 4.89. The fourth-order valence-corrected chi connectivity index (χ4v) is 4.72. The SMILES string of the molecule is CC.CC1CN(C2COC2)CCC1c1ccc(C=N)c(NPI)c1. The van der Waals surface area contributed by atoms with Crippen molar-refractivity contribution < 1.29 is 4.74 Å². The van der Waals surface area contributed by atoms with E-state index >= 15 is 0 Å². The molecular weight excluding hydrogens is 432 g/mol. The average molecular weight is 461 g/mol. The van der Waals surface area contributed by atoms with Crippen LogP contribution in [0.4, 0.5) is 5.69 Å². The first kappa shape index (κ1) is 20.1. The highest BCUT2D eigenvalue weighted by molar-refractivity contribution is 14.2. The molecule has 2 aliphatic rings. The molecule has 0 saturated carbocycles. The molecule has 0 bridgehead atoms. The Bertz CT molecular complexity index is 539. The maximum atomic E-state index is 7.54. The van der Waals surface area contributed by atoms with E-state index in [-0.39, 0.29) is 0 Å². The van der Waals surface area contributed by atoms with Gasteiger partial charge in [0, 0.05) is 30.4 Å². The third kappa shape index (κ3) is 4.69. The van der Waals surface area contributed by atoms with E-state index in [9.17, 15) is 0 Å². The van der Waals surface area contributed by atoms with Gasteiger partial charge in [0.15, 0.2) is 0 Å². The van der Waals surface area contributed by atoms with Crippen LogP contribution in [0.15, 0.2) is 18.2 Å². The molecule has 0 spiro atoms. The molecule has 2 saturated heterocycles. The van der Waals surface area contributed by atoms with Crippen LogP contribution in [0.5, 0.6) is 0 Å². The zero-order chi connectivity index (χ0) is 17.5. The Morgan fingerprint density at radius 1 is 1.38 bits per heavy atom. The first-order valence-corrected chi connectivity index (χ1v) is 12.9. The highest BCUT2D eigenvalue weighted by atomic mass is 127. The Morgan fingerprint density at radius 3 is 2.67 bits per heavy atom. The van der Waals surface area contributed by atoms with Crippen molar-refractivity contribution in [2.45, 2.75) is 39.2 Å². The molecule has 0 aliphatic carbocycles. The number of halogens is 1. The second kappa shape index (κ2) is 10.0. The van der Waals surface area contributed by atoms with Crippen LogP contribution in [0.1, 0.15) is 44.2 Å². The molecule has 134 valence electrons. The second-order valence-corrected chi connectivity index (χ2v) is 8.33. The summed E-state index contributed by atoms with van der Waals surface area (Å²) in [4.78, 5) is 2.60. The summed E-state index contributed by atoms with van der Waals surface area (Å²) in [7, 11) is 0. The number of benzene rings is 1. The zero-order valence-electron chi connectivity index (χ0n) is 14.8. The normalized spacial score (nSPS) is 25.0. The molecule has 24 heavy (non-hydrogen) atoms. The van der Waals surface area contributed by atoms with E-state index in [1.54, 1.807) is 0 Å². The largest absolute Gasteiger partial charge is 0.378 e. The van der Waals surface area contributed by atoms with Crippen molar-refractivity contribution in [2.24, 2.45) is 5.92 Å². The lowest BCUT2D eigenvalue weighted by molar-refractivity contribution is -0.0773. The Kier molecular flexibility index (Phi) is 8.41. The lowest BCUT2D eigenvalue weighted by atomic mass is 9.80. The van der Waals surface area contributed by atoms with Gasteiger partial charge in [-0.25, -0.2) is 0 Å². The van der Waals surface area contributed by atoms with E-state index in [4.69, 9.17) is 10.1 Å². The summed E-state index contributed by atoms with van der Waals surface area (Å²) >= 11 is 2.34.